The Kier molecular flexibility index (Phi) is 9.75. The second kappa shape index (κ2) is 16.4. The Morgan fingerprint density at radius 3 is 1.06 bits per heavy atom. The zero-order chi connectivity index (χ0) is 44.1. The third kappa shape index (κ3) is 6.88. The van der Waals surface area contributed by atoms with Gasteiger partial charge in [0.1, 0.15) is 23.0 Å². The Balaban J connectivity index is 1.03. The van der Waals surface area contributed by atoms with Crippen LogP contribution in [0, 0.1) is 0 Å². The normalized spacial score (nSPS) is 11.6. The van der Waals surface area contributed by atoms with Gasteiger partial charge in [0, 0.05) is 11.1 Å². The summed E-state index contributed by atoms with van der Waals surface area (Å²) in [6.45, 7) is -0.117. The van der Waals surface area contributed by atoms with Crippen LogP contribution in [-0.2, 0) is 13.2 Å². The molecule has 0 aliphatic rings. The summed E-state index contributed by atoms with van der Waals surface area (Å²) in [6.07, 6.45) is 0. The average molecular weight is 851 g/mol. The van der Waals surface area contributed by atoms with E-state index in [0.717, 1.165) is 109 Å². The maximum atomic E-state index is 10.4. The highest BCUT2D eigenvalue weighted by molar-refractivity contribution is 6.11. The minimum atomic E-state index is -0.0585. The van der Waals surface area contributed by atoms with Crippen LogP contribution in [0.5, 0.6) is 23.0 Å². The summed E-state index contributed by atoms with van der Waals surface area (Å²) in [6, 6.07) is 75.6. The maximum Gasteiger partial charge on any atom is 0.136 e. The summed E-state index contributed by atoms with van der Waals surface area (Å²) in [5.74, 6) is 2.78. The van der Waals surface area contributed by atoms with Crippen LogP contribution in [0.1, 0.15) is 11.1 Å². The maximum absolute atomic E-state index is 10.4. The Hall–Kier alpha value is -8.28. The predicted octanol–water partition coefficient (Wildman–Crippen LogP) is 16.2. The summed E-state index contributed by atoms with van der Waals surface area (Å²) < 4.78 is 14.2. The van der Waals surface area contributed by atoms with Gasteiger partial charge in [-0.1, -0.05) is 158 Å². The number of hydrogen-bond donors (Lipinski definition) is 2. The molecule has 0 aliphatic heterocycles. The van der Waals surface area contributed by atoms with Gasteiger partial charge in [-0.3, -0.25) is 0 Å². The van der Waals surface area contributed by atoms with E-state index >= 15 is 0 Å². The average Bonchev–Trinajstić information content (AvgIpc) is 3.37. The van der Waals surface area contributed by atoms with E-state index < -0.39 is 0 Å². The van der Waals surface area contributed by atoms with Crippen molar-refractivity contribution in [3.05, 3.63) is 230 Å². The van der Waals surface area contributed by atoms with Gasteiger partial charge in [0.2, 0.25) is 0 Å². The molecule has 4 nitrogen and oxygen atoms in total. The highest BCUT2D eigenvalue weighted by Gasteiger charge is 2.21. The standard InChI is InChI=1S/C62H42O4/c63-37-39-31-45-23-27-47(35-55(45)57(33-39)53-21-9-15-41-11-1-5-17-49(41)53)65-59-29-25-43-13-3-7-19-51(43)61(59)62-52-20-8-4-14-44(52)26-30-60(62)66-48-28-24-46-32-40(38-64)34-58(56(46)36-48)54-22-10-16-42-12-2-6-18-50(42)54/h1-36,63-64H,37-38H2. The van der Waals surface area contributed by atoms with Crippen molar-refractivity contribution >= 4 is 64.6 Å². The molecule has 0 aliphatic carbocycles. The number of hydrogen-bond acceptors (Lipinski definition) is 4. The van der Waals surface area contributed by atoms with Crippen LogP contribution in [0.2, 0.25) is 0 Å². The molecule has 12 aromatic carbocycles. The monoisotopic (exact) mass is 850 g/mol. The molecular formula is C62H42O4. The predicted molar refractivity (Wildman–Crippen MR) is 273 cm³/mol. The zero-order valence-electron chi connectivity index (χ0n) is 35.9. The lowest BCUT2D eigenvalue weighted by Gasteiger charge is -2.20. The minimum Gasteiger partial charge on any atom is -0.457 e. The van der Waals surface area contributed by atoms with Gasteiger partial charge in [0.05, 0.1) is 13.2 Å². The molecule has 4 heteroatoms. The van der Waals surface area contributed by atoms with Crippen LogP contribution in [0.4, 0.5) is 0 Å². The highest BCUT2D eigenvalue weighted by Crippen LogP contribution is 2.49. The molecule has 2 N–H and O–H groups in total. The van der Waals surface area contributed by atoms with Crippen molar-refractivity contribution in [1.82, 2.24) is 0 Å². The van der Waals surface area contributed by atoms with Crippen LogP contribution >= 0.6 is 0 Å². The quantitative estimate of drug-likeness (QED) is 0.152. The molecule has 0 spiro atoms. The van der Waals surface area contributed by atoms with E-state index in [9.17, 15) is 10.2 Å². The van der Waals surface area contributed by atoms with Gasteiger partial charge < -0.3 is 19.7 Å². The van der Waals surface area contributed by atoms with E-state index in [0.29, 0.717) is 23.0 Å². The summed E-state index contributed by atoms with van der Waals surface area (Å²) in [5, 5.41) is 33.7. The summed E-state index contributed by atoms with van der Waals surface area (Å²) in [7, 11) is 0. The van der Waals surface area contributed by atoms with Gasteiger partial charge in [0.25, 0.3) is 0 Å². The molecule has 0 radical (unpaired) electrons. The number of fused-ring (bicyclic) bond motifs is 6. The Morgan fingerprint density at radius 2 is 0.636 bits per heavy atom. The van der Waals surface area contributed by atoms with Crippen molar-refractivity contribution < 1.29 is 19.7 Å². The van der Waals surface area contributed by atoms with Crippen molar-refractivity contribution in [3.8, 4) is 56.4 Å². The van der Waals surface area contributed by atoms with Gasteiger partial charge in [-0.15, -0.1) is 0 Å². The molecule has 0 saturated carbocycles. The van der Waals surface area contributed by atoms with E-state index in [1.807, 2.05) is 12.1 Å². The van der Waals surface area contributed by atoms with Crippen LogP contribution < -0.4 is 9.47 Å². The van der Waals surface area contributed by atoms with Crippen molar-refractivity contribution in [2.75, 3.05) is 0 Å². The fourth-order valence-electron chi connectivity index (χ4n) is 9.92. The molecule has 0 heterocycles. The number of ether oxygens (including phenoxy) is 2. The molecular weight excluding hydrogens is 809 g/mol. The minimum absolute atomic E-state index is 0.0585. The molecule has 12 aromatic rings. The Labute approximate surface area is 381 Å². The lowest BCUT2D eigenvalue weighted by Crippen LogP contribution is -1.96. The number of aliphatic hydroxyl groups excluding tert-OH is 2. The number of aliphatic hydroxyl groups is 2. The van der Waals surface area contributed by atoms with Gasteiger partial charge in [-0.2, -0.15) is 0 Å². The molecule has 0 amide bonds. The Bertz CT molecular complexity index is 3600. The molecule has 12 rings (SSSR count). The fourth-order valence-corrected chi connectivity index (χ4v) is 9.92. The van der Waals surface area contributed by atoms with Crippen LogP contribution in [0.15, 0.2) is 218 Å². The van der Waals surface area contributed by atoms with Crippen LogP contribution in [0.25, 0.3) is 98.0 Å². The first-order chi connectivity index (χ1) is 32.6. The number of rotatable bonds is 9. The Morgan fingerprint density at radius 1 is 0.273 bits per heavy atom. The van der Waals surface area contributed by atoms with Gasteiger partial charge in [0.15, 0.2) is 0 Å². The molecule has 66 heavy (non-hydrogen) atoms. The van der Waals surface area contributed by atoms with Crippen molar-refractivity contribution in [2.24, 2.45) is 0 Å². The molecule has 0 bridgehead atoms. The second-order valence-electron chi connectivity index (χ2n) is 16.9. The van der Waals surface area contributed by atoms with Crippen LogP contribution in [-0.4, -0.2) is 10.2 Å². The molecule has 314 valence electrons. The van der Waals surface area contributed by atoms with Crippen molar-refractivity contribution in [1.29, 1.82) is 0 Å². The first kappa shape index (κ1) is 39.3. The molecule has 0 atom stereocenters. The van der Waals surface area contributed by atoms with Gasteiger partial charge in [-0.25, -0.2) is 0 Å². The summed E-state index contributed by atoms with van der Waals surface area (Å²) in [5.41, 5.74) is 7.82. The van der Waals surface area contributed by atoms with Crippen molar-refractivity contribution in [2.45, 2.75) is 13.2 Å². The van der Waals surface area contributed by atoms with E-state index in [1.54, 1.807) is 0 Å². The third-order valence-electron chi connectivity index (χ3n) is 13.0. The first-order valence-electron chi connectivity index (χ1n) is 22.3. The largest absolute Gasteiger partial charge is 0.457 e. The van der Waals surface area contributed by atoms with Crippen LogP contribution in [0.3, 0.4) is 0 Å². The molecule has 0 aromatic heterocycles. The second-order valence-corrected chi connectivity index (χ2v) is 16.9. The molecule has 0 saturated heterocycles. The zero-order valence-corrected chi connectivity index (χ0v) is 35.9. The van der Waals surface area contributed by atoms with Gasteiger partial charge in [-0.05, 0) is 159 Å². The van der Waals surface area contributed by atoms with E-state index in [1.165, 1.54) is 0 Å². The summed E-state index contributed by atoms with van der Waals surface area (Å²) in [4.78, 5) is 0. The first-order valence-corrected chi connectivity index (χ1v) is 22.3. The summed E-state index contributed by atoms with van der Waals surface area (Å²) >= 11 is 0. The number of benzene rings is 12. The smallest absolute Gasteiger partial charge is 0.136 e. The van der Waals surface area contributed by atoms with E-state index in [4.69, 9.17) is 9.47 Å². The molecule has 0 fully saturated rings. The highest BCUT2D eigenvalue weighted by atomic mass is 16.5. The SMILES string of the molecule is OCc1cc(-c2cccc3ccccc23)c2cc(Oc3ccc4ccccc4c3-c3c(Oc4ccc5cc(CO)cc(-c6cccc7ccccc67)c5c4)ccc4ccccc34)ccc2c1. The lowest BCUT2D eigenvalue weighted by molar-refractivity contribution is 0.282. The van der Waals surface area contributed by atoms with E-state index in [2.05, 4.69) is 206 Å². The van der Waals surface area contributed by atoms with E-state index in [-0.39, 0.29) is 13.2 Å². The fraction of sp³-hybridized carbons (Fsp3) is 0.0323. The lowest BCUT2D eigenvalue weighted by atomic mass is 9.91. The van der Waals surface area contributed by atoms with Crippen molar-refractivity contribution in [3.63, 3.8) is 0 Å². The third-order valence-corrected chi connectivity index (χ3v) is 13.0. The topological polar surface area (TPSA) is 58.9 Å². The van der Waals surface area contributed by atoms with Gasteiger partial charge >= 0.3 is 0 Å². The molecule has 0 unspecified atom stereocenters.